The molecule has 2 rings (SSSR count). The first-order valence-electron chi connectivity index (χ1n) is 8.75. The van der Waals surface area contributed by atoms with Crippen LogP contribution in [0.3, 0.4) is 0 Å². The molecular weight excluding hydrogens is 373 g/mol. The molecular formula is C19H29Cl2N3O2. The number of amides is 2. The van der Waals surface area contributed by atoms with Gasteiger partial charge in [-0.25, -0.2) is 0 Å². The number of hydrogen-bond acceptors (Lipinski definition) is 3. The maximum Gasteiger partial charge on any atom is 0.255 e. The van der Waals surface area contributed by atoms with Gasteiger partial charge in [0.15, 0.2) is 0 Å². The van der Waals surface area contributed by atoms with Crippen molar-refractivity contribution in [2.75, 3.05) is 25.5 Å². The maximum absolute atomic E-state index is 12.8. The second-order valence-corrected chi connectivity index (χ2v) is 8.27. The van der Waals surface area contributed by atoms with Crippen molar-refractivity contribution in [1.82, 2.24) is 10.2 Å². The van der Waals surface area contributed by atoms with E-state index in [-0.39, 0.29) is 29.6 Å². The van der Waals surface area contributed by atoms with Gasteiger partial charge in [-0.2, -0.15) is 0 Å². The van der Waals surface area contributed by atoms with E-state index in [4.69, 9.17) is 11.6 Å². The molecule has 1 aliphatic rings. The second-order valence-electron chi connectivity index (χ2n) is 7.86. The van der Waals surface area contributed by atoms with Crippen LogP contribution in [0.25, 0.3) is 0 Å². The van der Waals surface area contributed by atoms with Crippen molar-refractivity contribution < 1.29 is 9.59 Å². The summed E-state index contributed by atoms with van der Waals surface area (Å²) in [6.07, 6.45) is 2.45. The van der Waals surface area contributed by atoms with Crippen molar-refractivity contribution >= 4 is 41.5 Å². The molecule has 0 saturated carbocycles. The highest BCUT2D eigenvalue weighted by atomic mass is 35.5. The summed E-state index contributed by atoms with van der Waals surface area (Å²) in [6, 6.07) is 5.38. The van der Waals surface area contributed by atoms with Gasteiger partial charge in [-0.15, -0.1) is 12.4 Å². The highest BCUT2D eigenvalue weighted by molar-refractivity contribution is 6.34. The molecule has 1 aliphatic heterocycles. The summed E-state index contributed by atoms with van der Waals surface area (Å²) in [5, 5.41) is 6.50. The average Bonchev–Trinajstić information content (AvgIpc) is 2.54. The molecule has 146 valence electrons. The van der Waals surface area contributed by atoms with Crippen LogP contribution in [0, 0.1) is 5.41 Å². The van der Waals surface area contributed by atoms with Crippen LogP contribution in [-0.2, 0) is 4.79 Å². The number of likely N-dealkylation sites (tertiary alicyclic amines) is 1. The molecule has 1 heterocycles. The summed E-state index contributed by atoms with van der Waals surface area (Å²) < 4.78 is 0. The molecule has 2 N–H and O–H groups in total. The Bertz CT molecular complexity index is 644. The first-order valence-corrected chi connectivity index (χ1v) is 9.13. The highest BCUT2D eigenvalue weighted by Crippen LogP contribution is 2.25. The third-order valence-corrected chi connectivity index (χ3v) is 4.62. The van der Waals surface area contributed by atoms with Crippen LogP contribution in [0.1, 0.15) is 50.4 Å². The first kappa shape index (κ1) is 22.7. The third kappa shape index (κ3) is 6.45. The molecule has 1 aromatic rings. The monoisotopic (exact) mass is 401 g/mol. The fourth-order valence-corrected chi connectivity index (χ4v) is 3.22. The standard InChI is InChI=1S/C19H28ClN3O2.ClH/c1-19(2,3)11-17(24)22-13-7-8-16(20)15(10-13)18(25)23-9-5-6-14(12-23)21-4;/h7-8,10,14,21H,5-6,9,11-12H2,1-4H3,(H,22,24);1H. The Kier molecular flexibility index (Phi) is 8.38. The topological polar surface area (TPSA) is 61.4 Å². The van der Waals surface area contributed by atoms with Crippen molar-refractivity contribution in [2.24, 2.45) is 5.41 Å². The van der Waals surface area contributed by atoms with Gasteiger partial charge in [-0.3, -0.25) is 9.59 Å². The molecule has 1 aromatic carbocycles. The Hall–Kier alpha value is -1.30. The Balaban J connectivity index is 0.00000338. The lowest BCUT2D eigenvalue weighted by atomic mass is 9.92. The smallest absolute Gasteiger partial charge is 0.255 e. The number of halogens is 2. The van der Waals surface area contributed by atoms with E-state index in [1.54, 1.807) is 18.2 Å². The molecule has 7 heteroatoms. The van der Waals surface area contributed by atoms with Gasteiger partial charge in [0.1, 0.15) is 0 Å². The summed E-state index contributed by atoms with van der Waals surface area (Å²) in [5.74, 6) is -0.154. The number of nitrogens with zero attached hydrogens (tertiary/aromatic N) is 1. The molecule has 26 heavy (non-hydrogen) atoms. The number of nitrogens with one attached hydrogen (secondary N) is 2. The summed E-state index contributed by atoms with van der Waals surface area (Å²) in [7, 11) is 1.91. The summed E-state index contributed by atoms with van der Waals surface area (Å²) >= 11 is 6.25. The van der Waals surface area contributed by atoms with Gasteiger partial charge in [0.25, 0.3) is 5.91 Å². The Morgan fingerprint density at radius 3 is 2.62 bits per heavy atom. The van der Waals surface area contributed by atoms with Gasteiger partial charge in [-0.05, 0) is 43.5 Å². The molecule has 1 atom stereocenters. The molecule has 0 spiro atoms. The highest BCUT2D eigenvalue weighted by Gasteiger charge is 2.25. The maximum atomic E-state index is 12.8. The van der Waals surface area contributed by atoms with Crippen LogP contribution in [-0.4, -0.2) is 42.9 Å². The lowest BCUT2D eigenvalue weighted by Gasteiger charge is -2.32. The number of benzene rings is 1. The predicted octanol–water partition coefficient (Wildman–Crippen LogP) is 3.96. The van der Waals surface area contributed by atoms with Gasteiger partial charge in [0.05, 0.1) is 10.6 Å². The van der Waals surface area contributed by atoms with Gasteiger partial charge in [0, 0.05) is 31.2 Å². The van der Waals surface area contributed by atoms with E-state index >= 15 is 0 Å². The van der Waals surface area contributed by atoms with E-state index in [1.165, 1.54) is 0 Å². The predicted molar refractivity (Wildman–Crippen MR) is 109 cm³/mol. The van der Waals surface area contributed by atoms with Gasteiger partial charge >= 0.3 is 0 Å². The number of rotatable bonds is 4. The molecule has 1 fully saturated rings. The first-order chi connectivity index (χ1) is 11.7. The minimum Gasteiger partial charge on any atom is -0.337 e. The summed E-state index contributed by atoms with van der Waals surface area (Å²) in [6.45, 7) is 7.44. The number of anilines is 1. The van der Waals surface area contributed by atoms with Crippen LogP contribution in [0.15, 0.2) is 18.2 Å². The van der Waals surface area contributed by atoms with Crippen molar-refractivity contribution in [1.29, 1.82) is 0 Å². The Morgan fingerprint density at radius 2 is 2.00 bits per heavy atom. The van der Waals surface area contributed by atoms with Crippen LogP contribution in [0.4, 0.5) is 5.69 Å². The van der Waals surface area contributed by atoms with E-state index in [1.807, 2.05) is 32.7 Å². The molecule has 0 aliphatic carbocycles. The van der Waals surface area contributed by atoms with Crippen LogP contribution < -0.4 is 10.6 Å². The van der Waals surface area contributed by atoms with Crippen molar-refractivity contribution in [3.05, 3.63) is 28.8 Å². The lowest BCUT2D eigenvalue weighted by Crippen LogP contribution is -2.47. The van der Waals surface area contributed by atoms with E-state index in [0.29, 0.717) is 35.3 Å². The Labute approximate surface area is 167 Å². The van der Waals surface area contributed by atoms with E-state index in [0.717, 1.165) is 19.4 Å². The average molecular weight is 402 g/mol. The van der Waals surface area contributed by atoms with Crippen molar-refractivity contribution in [3.8, 4) is 0 Å². The normalized spacial score (nSPS) is 17.4. The minimum absolute atomic E-state index is 0. The number of carbonyl (C=O) groups is 2. The van der Waals surface area contributed by atoms with Crippen LogP contribution in [0.2, 0.25) is 5.02 Å². The third-order valence-electron chi connectivity index (χ3n) is 4.29. The van der Waals surface area contributed by atoms with Crippen molar-refractivity contribution in [2.45, 2.75) is 46.1 Å². The van der Waals surface area contributed by atoms with E-state index in [9.17, 15) is 9.59 Å². The fourth-order valence-electron chi connectivity index (χ4n) is 3.02. The molecule has 2 amide bonds. The number of carbonyl (C=O) groups excluding carboxylic acids is 2. The number of piperidine rings is 1. The van der Waals surface area contributed by atoms with E-state index < -0.39 is 0 Å². The SMILES string of the molecule is CNC1CCCN(C(=O)c2cc(NC(=O)CC(C)(C)C)ccc2Cl)C1.Cl. The number of likely N-dealkylation sites (N-methyl/N-ethyl adjacent to an activating group) is 1. The summed E-state index contributed by atoms with van der Waals surface area (Å²) in [5.41, 5.74) is 0.946. The van der Waals surface area contributed by atoms with Crippen LogP contribution in [0.5, 0.6) is 0 Å². The van der Waals surface area contributed by atoms with Gasteiger partial charge in [-0.1, -0.05) is 32.4 Å². The zero-order valence-electron chi connectivity index (χ0n) is 15.9. The van der Waals surface area contributed by atoms with Crippen molar-refractivity contribution in [3.63, 3.8) is 0 Å². The molecule has 5 nitrogen and oxygen atoms in total. The quantitative estimate of drug-likeness (QED) is 0.802. The van der Waals surface area contributed by atoms with Gasteiger partial charge in [0.2, 0.25) is 5.91 Å². The molecule has 0 radical (unpaired) electrons. The second kappa shape index (κ2) is 9.58. The van der Waals surface area contributed by atoms with E-state index in [2.05, 4.69) is 10.6 Å². The zero-order valence-corrected chi connectivity index (χ0v) is 17.5. The molecule has 1 saturated heterocycles. The number of hydrogen-bond donors (Lipinski definition) is 2. The van der Waals surface area contributed by atoms with Crippen LogP contribution >= 0.6 is 24.0 Å². The van der Waals surface area contributed by atoms with Gasteiger partial charge < -0.3 is 15.5 Å². The lowest BCUT2D eigenvalue weighted by molar-refractivity contribution is -0.117. The molecule has 0 aromatic heterocycles. The minimum atomic E-state index is -0.0921. The zero-order chi connectivity index (χ0) is 18.6. The largest absolute Gasteiger partial charge is 0.337 e. The summed E-state index contributed by atoms with van der Waals surface area (Å²) in [4.78, 5) is 26.8. The fraction of sp³-hybridized carbons (Fsp3) is 0.579. The molecule has 1 unspecified atom stereocenters. The molecule has 0 bridgehead atoms. The Morgan fingerprint density at radius 1 is 1.31 bits per heavy atom.